The third-order valence-corrected chi connectivity index (χ3v) is 13.3. The molecule has 1 saturated heterocycles. The monoisotopic (exact) mass is 426 g/mol. The van der Waals surface area contributed by atoms with Crippen LogP contribution in [0.15, 0.2) is 0 Å². The van der Waals surface area contributed by atoms with Crippen LogP contribution in [0.5, 0.6) is 0 Å². The molecule has 0 aromatic rings. The zero-order valence-corrected chi connectivity index (χ0v) is 15.7. The highest BCUT2D eigenvalue weighted by Gasteiger charge is 2.48. The minimum atomic E-state index is -4.62. The van der Waals surface area contributed by atoms with Gasteiger partial charge in [0.05, 0.1) is 0 Å². The lowest BCUT2D eigenvalue weighted by Crippen LogP contribution is -2.54. The van der Waals surface area contributed by atoms with E-state index in [0.717, 1.165) is 0 Å². The molecule has 0 amide bonds. The molecule has 0 aromatic heterocycles. The van der Waals surface area contributed by atoms with Crippen molar-refractivity contribution in [2.75, 3.05) is 0 Å². The smallest absolute Gasteiger partial charge is 0.389 e. The predicted octanol–water partition coefficient (Wildman–Crippen LogP) is 3.57. The van der Waals surface area contributed by atoms with Crippen LogP contribution in [-0.4, -0.2) is 46.4 Å². The van der Waals surface area contributed by atoms with E-state index in [1.165, 1.54) is 0 Å². The molecule has 1 rings (SSSR count). The van der Waals surface area contributed by atoms with Crippen molar-refractivity contribution in [3.8, 4) is 0 Å². The zero-order valence-electron chi connectivity index (χ0n) is 12.2. The molecule has 3 nitrogen and oxygen atoms in total. The summed E-state index contributed by atoms with van der Waals surface area (Å²) in [6.07, 6.45) is -17.8. The van der Waals surface area contributed by atoms with Crippen LogP contribution in [0.25, 0.3) is 0 Å². The van der Waals surface area contributed by atoms with E-state index in [0.29, 0.717) is 0 Å². The van der Waals surface area contributed by atoms with Gasteiger partial charge in [0.25, 0.3) is 10.0 Å². The van der Waals surface area contributed by atoms with Crippen molar-refractivity contribution < 1.29 is 51.9 Å². The first-order valence-corrected chi connectivity index (χ1v) is 12.0. The molecule has 1 fully saturated rings. The number of hydrogen-bond acceptors (Lipinski definition) is 3. The molecule has 0 saturated carbocycles. The van der Waals surface area contributed by atoms with Gasteiger partial charge in [0.1, 0.15) is 0 Å². The van der Waals surface area contributed by atoms with Crippen LogP contribution in [0.3, 0.4) is 0 Å². The molecule has 0 bridgehead atoms. The van der Waals surface area contributed by atoms with E-state index < -0.39 is 83.8 Å². The Morgan fingerprint density at radius 3 is 1.62 bits per heavy atom. The summed E-state index contributed by atoms with van der Waals surface area (Å²) in [5, 5.41) is 0. The van der Waals surface area contributed by atoms with Gasteiger partial charge in [0.15, 0.2) is 0 Å². The van der Waals surface area contributed by atoms with Crippen molar-refractivity contribution in [2.45, 2.75) is 55.9 Å². The van der Waals surface area contributed by atoms with E-state index >= 15 is 0 Å². The highest BCUT2D eigenvalue weighted by Crippen LogP contribution is 2.36. The van der Waals surface area contributed by atoms with Gasteiger partial charge in [-0.25, -0.2) is 0 Å². The fraction of sp³-hybridized carbons (Fsp3) is 1.00. The molecular formula is C9H15F9O3Si3. The molecular weight excluding hydrogens is 411 g/mol. The predicted molar refractivity (Wildman–Crippen MR) is 71.1 cm³/mol. The summed E-state index contributed by atoms with van der Waals surface area (Å²) >= 11 is 0. The van der Waals surface area contributed by atoms with Crippen molar-refractivity contribution in [1.82, 2.24) is 0 Å². The van der Waals surface area contributed by atoms with Crippen molar-refractivity contribution in [1.29, 1.82) is 0 Å². The second kappa shape index (κ2) is 8.07. The first-order valence-electron chi connectivity index (χ1n) is 6.83. The molecule has 1 aliphatic rings. The summed E-state index contributed by atoms with van der Waals surface area (Å²) in [5.41, 5.74) is 0. The summed E-state index contributed by atoms with van der Waals surface area (Å²) in [6, 6.07) is -2.08. The topological polar surface area (TPSA) is 27.7 Å². The van der Waals surface area contributed by atoms with Crippen LogP contribution < -0.4 is 0 Å². The quantitative estimate of drug-likeness (QED) is 0.480. The summed E-state index contributed by atoms with van der Waals surface area (Å²) in [5.74, 6) is 0. The van der Waals surface area contributed by atoms with Crippen LogP contribution in [0.2, 0.25) is 18.1 Å². The normalized spacial score (nSPS) is 23.6. The molecule has 1 atom stereocenters. The lowest BCUT2D eigenvalue weighted by molar-refractivity contribution is -0.133. The van der Waals surface area contributed by atoms with Gasteiger partial charge in [-0.05, 0) is 18.1 Å². The Hall–Kier alpha value is -0.0994. The molecule has 1 aliphatic heterocycles. The van der Waals surface area contributed by atoms with Crippen LogP contribution in [0.4, 0.5) is 39.5 Å². The standard InChI is InChI=1S/C9H15F9O3Si3/c10-7(11,12)1-4-23-19-22-20-24(21-23,5-2-8(13,14)15)6-3-9(16,17)18/h23H,1-6,22H2. The van der Waals surface area contributed by atoms with E-state index in [4.69, 9.17) is 12.3 Å². The largest absolute Gasteiger partial charge is 0.422 e. The Morgan fingerprint density at radius 1 is 0.750 bits per heavy atom. The molecule has 0 N–H and O–H groups in total. The Bertz CT molecular complexity index is 380. The van der Waals surface area contributed by atoms with Gasteiger partial charge in [-0.3, -0.25) is 0 Å². The third-order valence-electron chi connectivity index (χ3n) is 3.16. The highest BCUT2D eigenvalue weighted by atomic mass is 28.5. The first kappa shape index (κ1) is 21.9. The van der Waals surface area contributed by atoms with Crippen LogP contribution in [0.1, 0.15) is 19.3 Å². The average Bonchev–Trinajstić information content (AvgIpc) is 2.39. The SMILES string of the molecule is FC(F)(F)CC[SiH]1O[SiH2]O[Si](CCC(F)(F)F)(CCC(F)(F)F)O1. The van der Waals surface area contributed by atoms with Gasteiger partial charge in [0.2, 0.25) is 0 Å². The van der Waals surface area contributed by atoms with Gasteiger partial charge in [-0.2, -0.15) is 39.5 Å². The fourth-order valence-electron chi connectivity index (χ4n) is 2.00. The molecule has 0 radical (unpaired) electrons. The van der Waals surface area contributed by atoms with Crippen molar-refractivity contribution in [3.05, 3.63) is 0 Å². The van der Waals surface area contributed by atoms with E-state index in [2.05, 4.69) is 0 Å². The Morgan fingerprint density at radius 2 is 1.21 bits per heavy atom. The second-order valence-corrected chi connectivity index (χ2v) is 13.2. The molecule has 0 aromatic carbocycles. The lowest BCUT2D eigenvalue weighted by atomic mass is 10.5. The molecule has 24 heavy (non-hydrogen) atoms. The van der Waals surface area contributed by atoms with Gasteiger partial charge in [-0.1, -0.05) is 0 Å². The van der Waals surface area contributed by atoms with E-state index in [1.54, 1.807) is 0 Å². The molecule has 0 aliphatic carbocycles. The zero-order chi connectivity index (χ0) is 18.6. The minimum Gasteiger partial charge on any atom is -0.422 e. The Balaban J connectivity index is 2.75. The molecule has 1 heterocycles. The molecule has 144 valence electrons. The maximum Gasteiger partial charge on any atom is 0.389 e. The summed E-state index contributed by atoms with van der Waals surface area (Å²) < 4.78 is 126. The van der Waals surface area contributed by atoms with Gasteiger partial charge >= 0.3 is 36.4 Å². The highest BCUT2D eigenvalue weighted by molar-refractivity contribution is 6.80. The number of rotatable bonds is 6. The molecule has 0 spiro atoms. The minimum absolute atomic E-state index is 0.549. The van der Waals surface area contributed by atoms with Gasteiger partial charge < -0.3 is 12.3 Å². The van der Waals surface area contributed by atoms with Gasteiger partial charge in [-0.15, -0.1) is 0 Å². The number of halogens is 9. The molecule has 15 heteroatoms. The Kier molecular flexibility index (Phi) is 7.38. The lowest BCUT2D eigenvalue weighted by Gasteiger charge is -2.39. The Labute approximate surface area is 136 Å². The van der Waals surface area contributed by atoms with Crippen LogP contribution >= 0.6 is 0 Å². The van der Waals surface area contributed by atoms with E-state index in [9.17, 15) is 39.5 Å². The summed E-state index contributed by atoms with van der Waals surface area (Å²) in [4.78, 5) is 0. The maximum absolute atomic E-state index is 12.4. The summed E-state index contributed by atoms with van der Waals surface area (Å²) in [6.45, 7) is 0. The third kappa shape index (κ3) is 9.40. The van der Waals surface area contributed by atoms with Gasteiger partial charge in [0, 0.05) is 19.3 Å². The number of hydrogen-bond donors (Lipinski definition) is 0. The molecule has 1 unspecified atom stereocenters. The maximum atomic E-state index is 12.4. The average molecular weight is 426 g/mol. The number of alkyl halides is 9. The fourth-order valence-corrected chi connectivity index (χ4v) is 13.4. The second-order valence-electron chi connectivity index (χ2n) is 5.27. The first-order chi connectivity index (χ1) is 10.7. The van der Waals surface area contributed by atoms with Crippen molar-refractivity contribution in [3.63, 3.8) is 0 Å². The van der Waals surface area contributed by atoms with Crippen LogP contribution in [0, 0.1) is 0 Å². The van der Waals surface area contributed by atoms with Crippen LogP contribution in [-0.2, 0) is 12.3 Å². The summed E-state index contributed by atoms with van der Waals surface area (Å²) in [7, 11) is -8.79. The van der Waals surface area contributed by atoms with Crippen molar-refractivity contribution in [2.24, 2.45) is 0 Å². The van der Waals surface area contributed by atoms with E-state index in [1.807, 2.05) is 0 Å². The van der Waals surface area contributed by atoms with E-state index in [-0.39, 0.29) is 0 Å². The van der Waals surface area contributed by atoms with Crippen molar-refractivity contribution >= 4 is 27.9 Å².